The van der Waals surface area contributed by atoms with Gasteiger partial charge in [-0.3, -0.25) is 4.68 Å². The van der Waals surface area contributed by atoms with E-state index >= 15 is 0 Å². The van der Waals surface area contributed by atoms with Crippen LogP contribution in [-0.4, -0.2) is 26.2 Å². The van der Waals surface area contributed by atoms with E-state index in [2.05, 4.69) is 9.46 Å². The summed E-state index contributed by atoms with van der Waals surface area (Å²) in [5, 5.41) is 4.22. The van der Waals surface area contributed by atoms with Crippen molar-refractivity contribution in [3.8, 4) is 11.3 Å². The van der Waals surface area contributed by atoms with Crippen molar-refractivity contribution in [2.75, 3.05) is 6.26 Å². The number of nitrogens with zero attached hydrogens (tertiary/aromatic N) is 3. The molecule has 0 saturated heterocycles. The van der Waals surface area contributed by atoms with Crippen LogP contribution in [-0.2, 0) is 16.3 Å². The second-order valence-corrected chi connectivity index (χ2v) is 7.88. The molecule has 2 unspecified atom stereocenters. The van der Waals surface area contributed by atoms with E-state index in [1.165, 1.54) is 4.68 Å². The zero-order valence-corrected chi connectivity index (χ0v) is 12.1. The molecule has 2 heterocycles. The first-order chi connectivity index (χ1) is 9.87. The molecule has 1 fully saturated rings. The van der Waals surface area contributed by atoms with Gasteiger partial charge in [0.1, 0.15) is 6.04 Å². The smallest absolute Gasteiger partial charge is 0.263 e. The average molecular weight is 309 g/mol. The second-order valence-electron chi connectivity index (χ2n) is 5.57. The Morgan fingerprint density at radius 3 is 2.86 bits per heavy atom. The van der Waals surface area contributed by atoms with Crippen LogP contribution in [0.4, 0.5) is 8.78 Å². The van der Waals surface area contributed by atoms with Gasteiger partial charge in [0, 0.05) is 24.4 Å². The number of hydrogen-bond acceptors (Lipinski definition) is 3. The van der Waals surface area contributed by atoms with Crippen LogP contribution in [0.25, 0.3) is 11.3 Å². The highest BCUT2D eigenvalue weighted by Gasteiger charge is 2.59. The first-order valence-electron chi connectivity index (χ1n) is 6.61. The number of fused-ring (bicyclic) bond motifs is 1. The molecule has 0 spiro atoms. The SMILES string of the molecule is CS1(=O)=NCc2ccc(-c3ccn(C4CC4(F)F)n3)cc21. The third kappa shape index (κ3) is 1.98. The highest BCUT2D eigenvalue weighted by Crippen LogP contribution is 2.52. The summed E-state index contributed by atoms with van der Waals surface area (Å²) in [7, 11) is -2.33. The van der Waals surface area contributed by atoms with Gasteiger partial charge in [0.05, 0.1) is 26.9 Å². The Balaban J connectivity index is 1.72. The summed E-state index contributed by atoms with van der Waals surface area (Å²) < 4.78 is 43.9. The molecule has 2 atom stereocenters. The van der Waals surface area contributed by atoms with E-state index in [0.717, 1.165) is 16.0 Å². The largest absolute Gasteiger partial charge is 0.272 e. The summed E-state index contributed by atoms with van der Waals surface area (Å²) in [5.41, 5.74) is 2.35. The Morgan fingerprint density at radius 2 is 2.14 bits per heavy atom. The molecule has 1 aromatic carbocycles. The fraction of sp³-hybridized carbons (Fsp3) is 0.357. The van der Waals surface area contributed by atoms with Crippen molar-refractivity contribution in [3.63, 3.8) is 0 Å². The average Bonchev–Trinajstić information content (AvgIpc) is 2.81. The van der Waals surface area contributed by atoms with Crippen molar-refractivity contribution in [1.29, 1.82) is 0 Å². The zero-order chi connectivity index (χ0) is 14.8. The van der Waals surface area contributed by atoms with E-state index in [4.69, 9.17) is 0 Å². The molecule has 2 aromatic rings. The maximum absolute atomic E-state index is 13.1. The standard InChI is InChI=1S/C14H13F2N3OS/c1-21(20)12-6-9(2-3-10(12)8-17-21)11-4-5-19(18-11)13-7-14(13,15)16/h2-6,13H,7-8H2,1H3. The number of hydrogen-bond donors (Lipinski definition) is 0. The third-order valence-corrected chi connectivity index (χ3v) is 5.79. The Kier molecular flexibility index (Phi) is 2.41. The van der Waals surface area contributed by atoms with Gasteiger partial charge in [-0.1, -0.05) is 12.1 Å². The number of alkyl halides is 2. The van der Waals surface area contributed by atoms with Gasteiger partial charge in [0.2, 0.25) is 0 Å². The molecule has 1 aliphatic carbocycles. The van der Waals surface area contributed by atoms with Crippen molar-refractivity contribution >= 4 is 9.73 Å². The Hall–Kier alpha value is -1.76. The molecule has 0 amide bonds. The lowest BCUT2D eigenvalue weighted by molar-refractivity contribution is 0.0984. The van der Waals surface area contributed by atoms with E-state index in [-0.39, 0.29) is 6.42 Å². The molecule has 21 heavy (non-hydrogen) atoms. The van der Waals surface area contributed by atoms with E-state index in [1.807, 2.05) is 18.2 Å². The number of benzene rings is 1. The van der Waals surface area contributed by atoms with Crippen molar-refractivity contribution < 1.29 is 13.0 Å². The van der Waals surface area contributed by atoms with Crippen molar-refractivity contribution in [1.82, 2.24) is 9.78 Å². The van der Waals surface area contributed by atoms with E-state index in [9.17, 15) is 13.0 Å². The van der Waals surface area contributed by atoms with Crippen LogP contribution in [0.1, 0.15) is 18.0 Å². The first kappa shape index (κ1) is 12.9. The normalized spacial score (nSPS) is 29.0. The molecule has 0 radical (unpaired) electrons. The number of rotatable bonds is 2. The van der Waals surface area contributed by atoms with Gasteiger partial charge in [-0.25, -0.2) is 17.4 Å². The minimum atomic E-state index is -2.64. The highest BCUT2D eigenvalue weighted by atomic mass is 32.2. The summed E-state index contributed by atoms with van der Waals surface area (Å²) >= 11 is 0. The zero-order valence-electron chi connectivity index (χ0n) is 11.3. The van der Waals surface area contributed by atoms with Crippen LogP contribution in [0.5, 0.6) is 0 Å². The highest BCUT2D eigenvalue weighted by molar-refractivity contribution is 7.93. The third-order valence-electron chi connectivity index (χ3n) is 3.97. The molecule has 7 heteroatoms. The first-order valence-corrected chi connectivity index (χ1v) is 8.53. The Bertz CT molecular complexity index is 865. The molecule has 2 aliphatic rings. The minimum absolute atomic E-state index is 0.153. The fourth-order valence-electron chi connectivity index (χ4n) is 2.61. The summed E-state index contributed by atoms with van der Waals surface area (Å²) in [6, 6.07) is 6.44. The molecule has 4 nitrogen and oxygen atoms in total. The van der Waals surface area contributed by atoms with E-state index in [0.29, 0.717) is 12.2 Å². The van der Waals surface area contributed by atoms with Crippen LogP contribution in [0.2, 0.25) is 0 Å². The Labute approximate surface area is 121 Å². The molecule has 110 valence electrons. The molecular formula is C14H13F2N3OS. The van der Waals surface area contributed by atoms with Crippen molar-refractivity contribution in [2.45, 2.75) is 29.8 Å². The lowest BCUT2D eigenvalue weighted by atomic mass is 10.1. The van der Waals surface area contributed by atoms with Gasteiger partial charge in [0.25, 0.3) is 5.92 Å². The molecule has 1 aromatic heterocycles. The predicted octanol–water partition coefficient (Wildman–Crippen LogP) is 3.10. The van der Waals surface area contributed by atoms with Gasteiger partial charge in [-0.05, 0) is 17.7 Å². The topological polar surface area (TPSA) is 47.2 Å². The Morgan fingerprint density at radius 1 is 1.38 bits per heavy atom. The van der Waals surface area contributed by atoms with Crippen LogP contribution in [0, 0.1) is 0 Å². The molecule has 1 aliphatic heterocycles. The molecule has 0 bridgehead atoms. The number of aromatic nitrogens is 2. The summed E-state index contributed by atoms with van der Waals surface area (Å²) in [4.78, 5) is 0.728. The van der Waals surface area contributed by atoms with Gasteiger partial charge < -0.3 is 0 Å². The monoisotopic (exact) mass is 309 g/mol. The molecular weight excluding hydrogens is 296 g/mol. The van der Waals surface area contributed by atoms with Gasteiger partial charge >= 0.3 is 0 Å². The molecule has 4 rings (SSSR count). The van der Waals surface area contributed by atoms with E-state index in [1.54, 1.807) is 18.5 Å². The van der Waals surface area contributed by atoms with Crippen molar-refractivity contribution in [2.24, 2.45) is 4.36 Å². The quantitative estimate of drug-likeness (QED) is 0.856. The van der Waals surface area contributed by atoms with Gasteiger partial charge in [0.15, 0.2) is 0 Å². The van der Waals surface area contributed by atoms with Crippen molar-refractivity contribution in [3.05, 3.63) is 36.0 Å². The van der Waals surface area contributed by atoms with Gasteiger partial charge in [-0.2, -0.15) is 5.10 Å². The lowest BCUT2D eigenvalue weighted by Gasteiger charge is -2.04. The van der Waals surface area contributed by atoms with Crippen LogP contribution in [0.15, 0.2) is 39.7 Å². The molecule has 1 saturated carbocycles. The maximum atomic E-state index is 13.1. The number of halogens is 2. The summed E-state index contributed by atoms with van der Waals surface area (Å²) in [6.45, 7) is 0.466. The summed E-state index contributed by atoms with van der Waals surface area (Å²) in [5.74, 6) is -2.64. The van der Waals surface area contributed by atoms with Gasteiger partial charge in [-0.15, -0.1) is 0 Å². The maximum Gasteiger partial charge on any atom is 0.272 e. The van der Waals surface area contributed by atoms with E-state index < -0.39 is 21.7 Å². The second kappa shape index (κ2) is 3.91. The lowest BCUT2D eigenvalue weighted by Crippen LogP contribution is -2.02. The van der Waals surface area contributed by atoms with Crippen LogP contribution < -0.4 is 0 Å². The minimum Gasteiger partial charge on any atom is -0.263 e. The van der Waals surface area contributed by atoms with Crippen LogP contribution >= 0.6 is 0 Å². The predicted molar refractivity (Wildman–Crippen MR) is 74.7 cm³/mol. The molecule has 0 N–H and O–H groups in total. The fourth-order valence-corrected chi connectivity index (χ4v) is 4.10. The summed E-state index contributed by atoms with van der Waals surface area (Å²) in [6.07, 6.45) is 3.04. The van der Waals surface area contributed by atoms with Crippen LogP contribution in [0.3, 0.4) is 0 Å².